The van der Waals surface area contributed by atoms with Gasteiger partial charge in [0.1, 0.15) is 17.3 Å². The van der Waals surface area contributed by atoms with Crippen LogP contribution in [0, 0.1) is 6.92 Å². The highest BCUT2D eigenvalue weighted by molar-refractivity contribution is 7.98. The van der Waals surface area contributed by atoms with Crippen LogP contribution < -0.4 is 15.5 Å². The summed E-state index contributed by atoms with van der Waals surface area (Å²) in [7, 11) is 0. The summed E-state index contributed by atoms with van der Waals surface area (Å²) in [5.74, 6) is 0.799. The van der Waals surface area contributed by atoms with Crippen LogP contribution >= 0.6 is 35.0 Å². The second kappa shape index (κ2) is 9.23. The number of amides is 2. The Hall–Kier alpha value is -1.97. The van der Waals surface area contributed by atoms with E-state index in [-0.39, 0.29) is 28.6 Å². The van der Waals surface area contributed by atoms with Gasteiger partial charge < -0.3 is 20.5 Å². The van der Waals surface area contributed by atoms with Crippen LogP contribution in [-0.2, 0) is 4.79 Å². The smallest absolute Gasteiger partial charge is 0.269 e. The van der Waals surface area contributed by atoms with E-state index in [0.29, 0.717) is 34.8 Å². The lowest BCUT2D eigenvalue weighted by Crippen LogP contribution is -2.45. The second-order valence-corrected chi connectivity index (χ2v) is 8.30. The SMILES string of the molecule is CSc1nc(NC(C)=O)cc(N2CCC(NC(=O)c3[nH]c(C)c(Cl)c3Cl)CC2)n1. The molecule has 0 saturated carbocycles. The molecule has 0 radical (unpaired) electrons. The number of aromatic amines is 1. The van der Waals surface area contributed by atoms with Crippen molar-refractivity contribution >= 4 is 58.4 Å². The minimum atomic E-state index is -0.261. The molecule has 1 saturated heterocycles. The molecule has 1 fully saturated rings. The Morgan fingerprint density at radius 3 is 2.48 bits per heavy atom. The van der Waals surface area contributed by atoms with Gasteiger partial charge in [0.2, 0.25) is 5.91 Å². The van der Waals surface area contributed by atoms with Crippen LogP contribution in [0.1, 0.15) is 35.9 Å². The molecule has 2 aromatic rings. The molecule has 0 atom stereocenters. The third-order valence-electron chi connectivity index (χ3n) is 4.61. The number of piperidine rings is 1. The molecule has 2 amide bonds. The first-order valence-electron chi connectivity index (χ1n) is 9.08. The number of halogens is 2. The van der Waals surface area contributed by atoms with Crippen molar-refractivity contribution in [2.75, 3.05) is 29.6 Å². The van der Waals surface area contributed by atoms with E-state index < -0.39 is 0 Å². The maximum absolute atomic E-state index is 12.5. The van der Waals surface area contributed by atoms with Crippen LogP contribution in [0.25, 0.3) is 0 Å². The average molecular weight is 457 g/mol. The zero-order chi connectivity index (χ0) is 21.1. The van der Waals surface area contributed by atoms with Gasteiger partial charge in [-0.05, 0) is 26.0 Å². The third-order valence-corrected chi connectivity index (χ3v) is 6.11. The normalized spacial score (nSPS) is 14.7. The number of hydrogen-bond donors (Lipinski definition) is 3. The number of hydrogen-bond acceptors (Lipinski definition) is 6. The van der Waals surface area contributed by atoms with Gasteiger partial charge in [0.05, 0.1) is 10.0 Å². The molecular formula is C18H22Cl2N6O2S. The molecule has 3 N–H and O–H groups in total. The van der Waals surface area contributed by atoms with Crippen LogP contribution in [0.4, 0.5) is 11.6 Å². The Morgan fingerprint density at radius 2 is 1.93 bits per heavy atom. The lowest BCUT2D eigenvalue weighted by molar-refractivity contribution is -0.114. The van der Waals surface area contributed by atoms with E-state index in [9.17, 15) is 9.59 Å². The van der Waals surface area contributed by atoms with E-state index in [1.165, 1.54) is 18.7 Å². The van der Waals surface area contributed by atoms with Gasteiger partial charge in [-0.15, -0.1) is 0 Å². The van der Waals surface area contributed by atoms with Crippen molar-refractivity contribution in [3.63, 3.8) is 0 Å². The Balaban J connectivity index is 1.63. The number of nitrogens with one attached hydrogen (secondary N) is 3. The number of aromatic nitrogens is 3. The summed E-state index contributed by atoms with van der Waals surface area (Å²) < 4.78 is 0. The second-order valence-electron chi connectivity index (χ2n) is 6.77. The molecule has 0 aliphatic carbocycles. The fraction of sp³-hybridized carbons (Fsp3) is 0.444. The first-order chi connectivity index (χ1) is 13.8. The lowest BCUT2D eigenvalue weighted by atomic mass is 10.0. The molecule has 1 aliphatic rings. The Morgan fingerprint density at radius 1 is 1.24 bits per heavy atom. The summed E-state index contributed by atoms with van der Waals surface area (Å²) >= 11 is 13.6. The summed E-state index contributed by atoms with van der Waals surface area (Å²) in [6, 6.07) is 1.79. The number of aryl methyl sites for hydroxylation is 1. The third kappa shape index (κ3) is 5.15. The quantitative estimate of drug-likeness (QED) is 0.469. The number of carbonyl (C=O) groups is 2. The number of nitrogens with zero attached hydrogens (tertiary/aromatic N) is 3. The van der Waals surface area contributed by atoms with Gasteiger partial charge in [0, 0.05) is 37.8 Å². The predicted molar refractivity (Wildman–Crippen MR) is 116 cm³/mol. The minimum absolute atomic E-state index is 0.0221. The predicted octanol–water partition coefficient (Wildman–Crippen LogP) is 3.50. The van der Waals surface area contributed by atoms with E-state index >= 15 is 0 Å². The van der Waals surface area contributed by atoms with Gasteiger partial charge in [0.15, 0.2) is 5.16 Å². The standard InChI is InChI=1S/C18H22Cl2N6O2S/c1-9-14(19)15(20)16(21-9)17(28)23-11-4-6-26(7-5-11)13-8-12(22-10(2)27)24-18(25-13)29-3/h8,11,21H,4-7H2,1-3H3,(H,23,28)(H,22,24,25,27). The fourth-order valence-electron chi connectivity index (χ4n) is 3.15. The van der Waals surface area contributed by atoms with Crippen molar-refractivity contribution in [1.82, 2.24) is 20.3 Å². The summed E-state index contributed by atoms with van der Waals surface area (Å²) in [6.45, 7) is 4.64. The number of H-pyrrole nitrogens is 1. The number of carbonyl (C=O) groups excluding carboxylic acids is 2. The van der Waals surface area contributed by atoms with E-state index in [1.54, 1.807) is 13.0 Å². The van der Waals surface area contributed by atoms with Crippen LogP contribution in [0.15, 0.2) is 11.2 Å². The number of thioether (sulfide) groups is 1. The summed E-state index contributed by atoms with van der Waals surface area (Å²) in [4.78, 5) is 37.8. The fourth-order valence-corrected chi connectivity index (χ4v) is 3.94. The maximum atomic E-state index is 12.5. The topological polar surface area (TPSA) is 103 Å². The highest BCUT2D eigenvalue weighted by Gasteiger charge is 2.25. The molecule has 0 aromatic carbocycles. The van der Waals surface area contributed by atoms with Crippen LogP contribution in [0.3, 0.4) is 0 Å². The number of anilines is 2. The summed E-state index contributed by atoms with van der Waals surface area (Å²) in [5, 5.41) is 6.93. The van der Waals surface area contributed by atoms with Crippen molar-refractivity contribution in [3.05, 3.63) is 27.5 Å². The molecule has 1 aliphatic heterocycles. The van der Waals surface area contributed by atoms with Gasteiger partial charge in [-0.1, -0.05) is 35.0 Å². The highest BCUT2D eigenvalue weighted by atomic mass is 35.5. The minimum Gasteiger partial charge on any atom is -0.356 e. The van der Waals surface area contributed by atoms with Crippen molar-refractivity contribution in [1.29, 1.82) is 0 Å². The van der Waals surface area contributed by atoms with Crippen molar-refractivity contribution < 1.29 is 9.59 Å². The van der Waals surface area contributed by atoms with Gasteiger partial charge in [-0.3, -0.25) is 9.59 Å². The molecule has 11 heteroatoms. The highest BCUT2D eigenvalue weighted by Crippen LogP contribution is 2.29. The Kier molecular flexibility index (Phi) is 6.92. The molecular weight excluding hydrogens is 435 g/mol. The summed E-state index contributed by atoms with van der Waals surface area (Å²) in [6.07, 6.45) is 3.40. The average Bonchev–Trinajstić information content (AvgIpc) is 2.95. The lowest BCUT2D eigenvalue weighted by Gasteiger charge is -2.33. The van der Waals surface area contributed by atoms with Crippen LogP contribution in [0.5, 0.6) is 0 Å². The van der Waals surface area contributed by atoms with E-state index in [1.807, 2.05) is 6.26 Å². The van der Waals surface area contributed by atoms with E-state index in [4.69, 9.17) is 23.2 Å². The van der Waals surface area contributed by atoms with Crippen molar-refractivity contribution in [2.24, 2.45) is 0 Å². The van der Waals surface area contributed by atoms with Gasteiger partial charge in [0.25, 0.3) is 5.91 Å². The van der Waals surface area contributed by atoms with Crippen LogP contribution in [-0.4, -0.2) is 52.2 Å². The van der Waals surface area contributed by atoms with Gasteiger partial charge >= 0.3 is 0 Å². The van der Waals surface area contributed by atoms with E-state index in [0.717, 1.165) is 18.7 Å². The molecule has 29 heavy (non-hydrogen) atoms. The Bertz CT molecular complexity index is 927. The van der Waals surface area contributed by atoms with E-state index in [2.05, 4.69) is 30.5 Å². The summed E-state index contributed by atoms with van der Waals surface area (Å²) in [5.41, 5.74) is 0.955. The van der Waals surface area contributed by atoms with Gasteiger partial charge in [-0.25, -0.2) is 9.97 Å². The monoisotopic (exact) mass is 456 g/mol. The first-order valence-corrected chi connectivity index (χ1v) is 11.1. The van der Waals surface area contributed by atoms with Crippen molar-refractivity contribution in [2.45, 2.75) is 37.9 Å². The maximum Gasteiger partial charge on any atom is 0.269 e. The molecule has 0 bridgehead atoms. The zero-order valence-corrected chi connectivity index (χ0v) is 18.6. The zero-order valence-electron chi connectivity index (χ0n) is 16.3. The molecule has 2 aromatic heterocycles. The van der Waals surface area contributed by atoms with Crippen molar-refractivity contribution in [3.8, 4) is 0 Å². The molecule has 0 unspecified atom stereocenters. The molecule has 156 valence electrons. The molecule has 0 spiro atoms. The molecule has 3 rings (SSSR count). The Labute approximate surface area is 183 Å². The molecule has 3 heterocycles. The van der Waals surface area contributed by atoms with Gasteiger partial charge in [-0.2, -0.15) is 0 Å². The largest absolute Gasteiger partial charge is 0.356 e. The molecule has 8 nitrogen and oxygen atoms in total. The number of rotatable bonds is 5. The first kappa shape index (κ1) is 21.7. The van der Waals surface area contributed by atoms with Crippen LogP contribution in [0.2, 0.25) is 10.0 Å².